The van der Waals surface area contributed by atoms with Crippen LogP contribution in [-0.2, 0) is 17.9 Å². The van der Waals surface area contributed by atoms with Crippen molar-refractivity contribution in [3.63, 3.8) is 0 Å². The molecule has 2 aromatic heterocycles. The zero-order chi connectivity index (χ0) is 18.5. The number of halogens is 1. The minimum absolute atomic E-state index is 0.0291. The average Bonchev–Trinajstić information content (AvgIpc) is 3.24. The number of aromatic carboxylic acids is 1. The summed E-state index contributed by atoms with van der Waals surface area (Å²) in [6, 6.07) is 9.11. The van der Waals surface area contributed by atoms with Crippen molar-refractivity contribution in [3.8, 4) is 0 Å². The number of carboxylic acid groups (broad SMARTS) is 1. The normalized spacial score (nSPS) is 10.7. The summed E-state index contributed by atoms with van der Waals surface area (Å²) in [5.74, 6) is -1.31. The van der Waals surface area contributed by atoms with Gasteiger partial charge in [0.1, 0.15) is 11.5 Å². The second kappa shape index (κ2) is 7.60. The molecule has 1 aromatic carbocycles. The maximum atomic E-state index is 12.9. The molecule has 0 atom stereocenters. The van der Waals surface area contributed by atoms with E-state index in [2.05, 4.69) is 15.5 Å². The predicted molar refractivity (Wildman–Crippen MR) is 90.2 cm³/mol. The lowest BCUT2D eigenvalue weighted by Gasteiger charge is -2.05. The van der Waals surface area contributed by atoms with Gasteiger partial charge in [-0.1, -0.05) is 12.1 Å². The van der Waals surface area contributed by atoms with Crippen LogP contribution in [0.1, 0.15) is 22.5 Å². The number of anilines is 1. The van der Waals surface area contributed by atoms with Gasteiger partial charge in [-0.05, 0) is 23.8 Å². The fraction of sp³-hybridized carbons (Fsp3) is 0.176. The zero-order valence-electron chi connectivity index (χ0n) is 13.7. The molecule has 26 heavy (non-hydrogen) atoms. The van der Waals surface area contributed by atoms with Gasteiger partial charge in [-0.2, -0.15) is 10.2 Å². The third-order valence-corrected chi connectivity index (χ3v) is 3.65. The number of hydrogen-bond donors (Lipinski definition) is 2. The van der Waals surface area contributed by atoms with Crippen LogP contribution in [0.15, 0.2) is 48.8 Å². The number of hydrogen-bond acceptors (Lipinski definition) is 4. The molecule has 0 fully saturated rings. The van der Waals surface area contributed by atoms with Crippen LogP contribution in [0, 0.1) is 5.82 Å². The molecule has 0 aliphatic rings. The second-order valence-corrected chi connectivity index (χ2v) is 5.57. The molecule has 8 nitrogen and oxygen atoms in total. The Bertz CT molecular complexity index is 917. The quantitative estimate of drug-likeness (QED) is 0.673. The lowest BCUT2D eigenvalue weighted by molar-refractivity contribution is -0.116. The molecular weight excluding hydrogens is 341 g/mol. The Labute approximate surface area is 147 Å². The van der Waals surface area contributed by atoms with Gasteiger partial charge < -0.3 is 10.4 Å². The molecule has 0 saturated carbocycles. The number of nitrogens with zero attached hydrogens (tertiary/aromatic N) is 4. The van der Waals surface area contributed by atoms with Crippen LogP contribution in [0.2, 0.25) is 0 Å². The number of carbonyl (C=O) groups is 2. The van der Waals surface area contributed by atoms with Crippen molar-refractivity contribution in [1.29, 1.82) is 0 Å². The maximum absolute atomic E-state index is 12.9. The number of carbonyl (C=O) groups excluding carboxylic acids is 1. The summed E-state index contributed by atoms with van der Waals surface area (Å²) in [6.45, 7) is 0.599. The SMILES string of the molecule is O=C(CCn1nccc1C(=O)O)Nc1ccn(Cc2ccc(F)cc2)n1. The minimum atomic E-state index is -1.09. The third-order valence-electron chi connectivity index (χ3n) is 3.65. The molecule has 3 aromatic rings. The van der Waals surface area contributed by atoms with Gasteiger partial charge in [0.05, 0.1) is 13.1 Å². The van der Waals surface area contributed by atoms with Gasteiger partial charge in [0.2, 0.25) is 5.91 Å². The maximum Gasteiger partial charge on any atom is 0.354 e. The first-order valence-electron chi connectivity index (χ1n) is 7.84. The Balaban J connectivity index is 1.53. The molecule has 0 spiro atoms. The van der Waals surface area contributed by atoms with Gasteiger partial charge in [0.25, 0.3) is 0 Å². The van der Waals surface area contributed by atoms with Crippen LogP contribution < -0.4 is 5.32 Å². The van der Waals surface area contributed by atoms with Crippen molar-refractivity contribution in [2.24, 2.45) is 0 Å². The Morgan fingerprint density at radius 3 is 2.65 bits per heavy atom. The van der Waals surface area contributed by atoms with Crippen molar-refractivity contribution >= 4 is 17.7 Å². The second-order valence-electron chi connectivity index (χ2n) is 5.57. The molecular formula is C17H16FN5O3. The van der Waals surface area contributed by atoms with Crippen LogP contribution >= 0.6 is 0 Å². The van der Waals surface area contributed by atoms with E-state index in [-0.39, 0.29) is 30.4 Å². The summed E-state index contributed by atoms with van der Waals surface area (Å²) in [7, 11) is 0. The van der Waals surface area contributed by atoms with Crippen molar-refractivity contribution in [3.05, 3.63) is 65.9 Å². The molecule has 0 bridgehead atoms. The van der Waals surface area contributed by atoms with Crippen LogP contribution in [0.3, 0.4) is 0 Å². The lowest BCUT2D eigenvalue weighted by Crippen LogP contribution is -2.17. The average molecular weight is 357 g/mol. The van der Waals surface area contributed by atoms with Crippen LogP contribution in [-0.4, -0.2) is 36.5 Å². The first-order valence-corrected chi connectivity index (χ1v) is 7.84. The number of benzene rings is 1. The molecule has 134 valence electrons. The summed E-state index contributed by atoms with van der Waals surface area (Å²) >= 11 is 0. The zero-order valence-corrected chi connectivity index (χ0v) is 13.7. The molecule has 1 amide bonds. The Morgan fingerprint density at radius 1 is 1.15 bits per heavy atom. The van der Waals surface area contributed by atoms with Gasteiger partial charge in [0, 0.05) is 24.9 Å². The standard InChI is InChI=1S/C17H16FN5O3/c18-13-3-1-12(2-4-13)11-22-9-6-15(21-22)20-16(24)7-10-23-14(17(25)26)5-8-19-23/h1-6,8-9H,7,10-11H2,(H,25,26)(H,20,21,24). The van der Waals surface area contributed by atoms with Gasteiger partial charge >= 0.3 is 5.97 Å². The fourth-order valence-corrected chi connectivity index (χ4v) is 2.40. The summed E-state index contributed by atoms with van der Waals surface area (Å²) in [5.41, 5.74) is 0.911. The van der Waals surface area contributed by atoms with E-state index in [0.717, 1.165) is 5.56 Å². The Kier molecular flexibility index (Phi) is 5.07. The summed E-state index contributed by atoms with van der Waals surface area (Å²) in [5, 5.41) is 19.8. The van der Waals surface area contributed by atoms with E-state index in [1.807, 2.05) is 0 Å². The van der Waals surface area contributed by atoms with Crippen LogP contribution in [0.4, 0.5) is 10.2 Å². The number of amides is 1. The number of nitrogens with one attached hydrogen (secondary N) is 1. The number of aryl methyl sites for hydroxylation is 1. The fourth-order valence-electron chi connectivity index (χ4n) is 2.40. The minimum Gasteiger partial charge on any atom is -0.477 e. The first-order chi connectivity index (χ1) is 12.5. The van der Waals surface area contributed by atoms with Crippen LogP contribution in [0.25, 0.3) is 0 Å². The van der Waals surface area contributed by atoms with E-state index >= 15 is 0 Å². The van der Waals surface area contributed by atoms with Gasteiger partial charge in [-0.15, -0.1) is 0 Å². The third kappa shape index (κ3) is 4.32. The van der Waals surface area contributed by atoms with E-state index in [1.165, 1.54) is 29.1 Å². The van der Waals surface area contributed by atoms with Crippen LogP contribution in [0.5, 0.6) is 0 Å². The number of rotatable bonds is 7. The molecule has 2 N–H and O–H groups in total. The topological polar surface area (TPSA) is 102 Å². The lowest BCUT2D eigenvalue weighted by atomic mass is 10.2. The van der Waals surface area contributed by atoms with Crippen molar-refractivity contribution < 1.29 is 19.1 Å². The van der Waals surface area contributed by atoms with Gasteiger partial charge in [-0.25, -0.2) is 9.18 Å². The number of aromatic nitrogens is 4. The Morgan fingerprint density at radius 2 is 1.92 bits per heavy atom. The largest absolute Gasteiger partial charge is 0.477 e. The predicted octanol–water partition coefficient (Wildman–Crippen LogP) is 1.99. The highest BCUT2D eigenvalue weighted by Gasteiger charge is 2.12. The highest BCUT2D eigenvalue weighted by molar-refractivity contribution is 5.89. The molecule has 0 unspecified atom stereocenters. The summed E-state index contributed by atoms with van der Waals surface area (Å²) in [4.78, 5) is 23.0. The van der Waals surface area contributed by atoms with Crippen molar-refractivity contribution in [1.82, 2.24) is 19.6 Å². The van der Waals surface area contributed by atoms with Gasteiger partial charge in [-0.3, -0.25) is 14.2 Å². The first kappa shape index (κ1) is 17.3. The molecule has 3 rings (SSSR count). The molecule has 0 aliphatic carbocycles. The molecule has 0 saturated heterocycles. The van der Waals surface area contributed by atoms with E-state index < -0.39 is 5.97 Å². The van der Waals surface area contributed by atoms with E-state index in [1.54, 1.807) is 29.1 Å². The van der Waals surface area contributed by atoms with Gasteiger partial charge in [0.15, 0.2) is 5.82 Å². The highest BCUT2D eigenvalue weighted by atomic mass is 19.1. The molecule has 2 heterocycles. The summed E-state index contributed by atoms with van der Waals surface area (Å²) in [6.07, 6.45) is 3.14. The summed E-state index contributed by atoms with van der Waals surface area (Å²) < 4.78 is 15.8. The van der Waals surface area contributed by atoms with Crippen molar-refractivity contribution in [2.45, 2.75) is 19.5 Å². The van der Waals surface area contributed by atoms with E-state index in [9.17, 15) is 14.0 Å². The van der Waals surface area contributed by atoms with Crippen molar-refractivity contribution in [2.75, 3.05) is 5.32 Å². The molecule has 9 heteroatoms. The van der Waals surface area contributed by atoms with E-state index in [0.29, 0.717) is 12.4 Å². The number of carboxylic acids is 1. The molecule has 0 radical (unpaired) electrons. The monoisotopic (exact) mass is 357 g/mol. The Hall–Kier alpha value is -3.49. The smallest absolute Gasteiger partial charge is 0.354 e. The molecule has 0 aliphatic heterocycles. The highest BCUT2D eigenvalue weighted by Crippen LogP contribution is 2.08. The van der Waals surface area contributed by atoms with E-state index in [4.69, 9.17) is 5.11 Å².